The summed E-state index contributed by atoms with van der Waals surface area (Å²) in [5.74, 6) is 2.13. The van der Waals surface area contributed by atoms with Gasteiger partial charge in [-0.15, -0.1) is 0 Å². The highest BCUT2D eigenvalue weighted by molar-refractivity contribution is 8.00. The molecule has 1 aliphatic carbocycles. The largest absolute Gasteiger partial charge is 0.155 e. The third-order valence-electron chi connectivity index (χ3n) is 5.43. The van der Waals surface area contributed by atoms with E-state index in [1.165, 1.54) is 89.2 Å². The van der Waals surface area contributed by atoms with Crippen LogP contribution in [0.4, 0.5) is 0 Å². The van der Waals surface area contributed by atoms with Gasteiger partial charge in [-0.05, 0) is 37.4 Å². The summed E-state index contributed by atoms with van der Waals surface area (Å²) in [6.07, 6.45) is 21.0. The van der Waals surface area contributed by atoms with Crippen molar-refractivity contribution < 1.29 is 0 Å². The second-order valence-electron chi connectivity index (χ2n) is 8.12. The Kier molecular flexibility index (Phi) is 11.4. The Morgan fingerprint density at radius 3 is 2.00 bits per heavy atom. The van der Waals surface area contributed by atoms with Gasteiger partial charge in [0.1, 0.15) is 0 Å². The first-order valence-electron chi connectivity index (χ1n) is 10.4. The Morgan fingerprint density at radius 1 is 0.957 bits per heavy atom. The third kappa shape index (κ3) is 9.85. The van der Waals surface area contributed by atoms with E-state index in [4.69, 9.17) is 0 Å². The molecule has 136 valence electrons. The minimum Gasteiger partial charge on any atom is -0.155 e. The van der Waals surface area contributed by atoms with Gasteiger partial charge >= 0.3 is 0 Å². The van der Waals surface area contributed by atoms with Crippen LogP contribution in [-0.2, 0) is 0 Å². The number of hydrogen-bond acceptors (Lipinski definition) is 1. The van der Waals surface area contributed by atoms with Crippen LogP contribution >= 0.6 is 11.8 Å². The summed E-state index contributed by atoms with van der Waals surface area (Å²) >= 11 is 2.25. The molecule has 0 bridgehead atoms. The molecule has 0 aromatic heterocycles. The fraction of sp³-hybridized carbons (Fsp3) is 0.909. The van der Waals surface area contributed by atoms with E-state index in [9.17, 15) is 0 Å². The molecule has 23 heavy (non-hydrogen) atoms. The van der Waals surface area contributed by atoms with Crippen molar-refractivity contribution >= 4 is 11.8 Å². The van der Waals surface area contributed by atoms with Crippen LogP contribution in [0.5, 0.6) is 0 Å². The SMILES string of the molecule is CCCCCCCCCCCCSC1(C)CC=C(C(C)C)CC1. The monoisotopic (exact) mass is 338 g/mol. The van der Waals surface area contributed by atoms with Crippen LogP contribution in [0.1, 0.15) is 111 Å². The fourth-order valence-electron chi connectivity index (χ4n) is 3.52. The van der Waals surface area contributed by atoms with E-state index in [1.807, 2.05) is 0 Å². The highest BCUT2D eigenvalue weighted by Gasteiger charge is 2.27. The van der Waals surface area contributed by atoms with E-state index in [1.54, 1.807) is 5.57 Å². The lowest BCUT2D eigenvalue weighted by Crippen LogP contribution is -2.24. The quantitative estimate of drug-likeness (QED) is 0.241. The van der Waals surface area contributed by atoms with Crippen LogP contribution in [0.15, 0.2) is 11.6 Å². The first-order valence-corrected chi connectivity index (χ1v) is 11.4. The molecule has 0 N–H and O–H groups in total. The maximum atomic E-state index is 2.54. The van der Waals surface area contributed by atoms with Crippen LogP contribution in [0.25, 0.3) is 0 Å². The van der Waals surface area contributed by atoms with E-state index >= 15 is 0 Å². The molecule has 0 amide bonds. The molecule has 1 heteroatoms. The van der Waals surface area contributed by atoms with Crippen molar-refractivity contribution in [3.63, 3.8) is 0 Å². The van der Waals surface area contributed by atoms with E-state index in [0.717, 1.165) is 5.92 Å². The van der Waals surface area contributed by atoms with Crippen LogP contribution < -0.4 is 0 Å². The second-order valence-corrected chi connectivity index (χ2v) is 9.80. The molecule has 0 radical (unpaired) electrons. The molecular formula is C22H42S. The molecule has 1 unspecified atom stereocenters. The van der Waals surface area contributed by atoms with Gasteiger partial charge in [0.05, 0.1) is 0 Å². The maximum absolute atomic E-state index is 2.54. The summed E-state index contributed by atoms with van der Waals surface area (Å²) in [5.41, 5.74) is 1.70. The lowest BCUT2D eigenvalue weighted by atomic mass is 9.85. The number of unbranched alkanes of at least 4 members (excludes halogenated alkanes) is 9. The van der Waals surface area contributed by atoms with Crippen molar-refractivity contribution in [2.75, 3.05) is 5.75 Å². The molecule has 1 aliphatic rings. The summed E-state index contributed by atoms with van der Waals surface area (Å²) in [6, 6.07) is 0. The third-order valence-corrected chi connectivity index (χ3v) is 6.99. The van der Waals surface area contributed by atoms with Gasteiger partial charge in [-0.1, -0.05) is 97.1 Å². The van der Waals surface area contributed by atoms with E-state index in [-0.39, 0.29) is 0 Å². The average molecular weight is 339 g/mol. The van der Waals surface area contributed by atoms with Gasteiger partial charge < -0.3 is 0 Å². The minimum absolute atomic E-state index is 0.525. The molecule has 0 heterocycles. The minimum atomic E-state index is 0.525. The molecule has 1 atom stereocenters. The Hall–Kier alpha value is 0.0900. The van der Waals surface area contributed by atoms with Crippen molar-refractivity contribution in [1.29, 1.82) is 0 Å². The van der Waals surface area contributed by atoms with Gasteiger partial charge in [0.25, 0.3) is 0 Å². The van der Waals surface area contributed by atoms with Gasteiger partial charge in [-0.3, -0.25) is 0 Å². The summed E-state index contributed by atoms with van der Waals surface area (Å²) in [6.45, 7) is 9.46. The summed E-state index contributed by atoms with van der Waals surface area (Å²) in [5, 5.41) is 0. The van der Waals surface area contributed by atoms with Crippen LogP contribution in [-0.4, -0.2) is 10.5 Å². The Labute approximate surface area is 151 Å². The fourth-order valence-corrected chi connectivity index (χ4v) is 4.81. The number of thioether (sulfide) groups is 1. The molecule has 0 saturated heterocycles. The zero-order valence-electron chi connectivity index (χ0n) is 16.5. The molecule has 0 saturated carbocycles. The van der Waals surface area contributed by atoms with E-state index < -0.39 is 0 Å². The zero-order chi connectivity index (χ0) is 17.0. The lowest BCUT2D eigenvalue weighted by molar-refractivity contribution is 0.530. The van der Waals surface area contributed by atoms with Crippen molar-refractivity contribution in [1.82, 2.24) is 0 Å². The van der Waals surface area contributed by atoms with Crippen molar-refractivity contribution in [2.24, 2.45) is 5.92 Å². The van der Waals surface area contributed by atoms with Gasteiger partial charge in [0.2, 0.25) is 0 Å². The number of allylic oxidation sites excluding steroid dienone is 2. The van der Waals surface area contributed by atoms with Crippen molar-refractivity contribution in [3.8, 4) is 0 Å². The predicted molar refractivity (Wildman–Crippen MR) is 109 cm³/mol. The van der Waals surface area contributed by atoms with Crippen LogP contribution in [0.3, 0.4) is 0 Å². The first-order chi connectivity index (χ1) is 11.1. The standard InChI is InChI=1S/C22H42S/c1-5-6-7-8-9-10-11-12-13-14-19-23-22(4)17-15-21(16-18-22)20(2)3/h15,20H,5-14,16-19H2,1-4H3. The van der Waals surface area contributed by atoms with Crippen molar-refractivity contribution in [2.45, 2.75) is 116 Å². The van der Waals surface area contributed by atoms with Gasteiger partial charge in [-0.2, -0.15) is 11.8 Å². The number of rotatable bonds is 13. The molecule has 0 aliphatic heterocycles. The molecule has 0 aromatic rings. The normalized spacial score (nSPS) is 21.7. The molecule has 0 spiro atoms. The predicted octanol–water partition coefficient (Wildman–Crippen LogP) is 8.17. The van der Waals surface area contributed by atoms with Gasteiger partial charge in [-0.25, -0.2) is 0 Å². The molecule has 1 rings (SSSR count). The van der Waals surface area contributed by atoms with Crippen molar-refractivity contribution in [3.05, 3.63) is 11.6 Å². The lowest BCUT2D eigenvalue weighted by Gasteiger charge is -2.33. The molecule has 0 fully saturated rings. The van der Waals surface area contributed by atoms with E-state index in [2.05, 4.69) is 45.5 Å². The molecule has 0 nitrogen and oxygen atoms in total. The summed E-state index contributed by atoms with van der Waals surface area (Å²) in [4.78, 5) is 0. The average Bonchev–Trinajstić information content (AvgIpc) is 2.53. The molecular weight excluding hydrogens is 296 g/mol. The Bertz CT molecular complexity index is 318. The highest BCUT2D eigenvalue weighted by atomic mass is 32.2. The van der Waals surface area contributed by atoms with Gasteiger partial charge in [0, 0.05) is 4.75 Å². The summed E-state index contributed by atoms with van der Waals surface area (Å²) in [7, 11) is 0. The number of hydrogen-bond donors (Lipinski definition) is 0. The molecule has 0 aromatic carbocycles. The van der Waals surface area contributed by atoms with Crippen LogP contribution in [0, 0.1) is 5.92 Å². The van der Waals surface area contributed by atoms with E-state index in [0.29, 0.717) is 4.75 Å². The second kappa shape index (κ2) is 12.5. The Morgan fingerprint density at radius 2 is 1.52 bits per heavy atom. The smallest absolute Gasteiger partial charge is 0.0169 e. The Balaban J connectivity index is 1.95. The van der Waals surface area contributed by atoms with Crippen LogP contribution in [0.2, 0.25) is 0 Å². The first kappa shape index (κ1) is 21.1. The zero-order valence-corrected chi connectivity index (χ0v) is 17.3. The summed E-state index contributed by atoms with van der Waals surface area (Å²) < 4.78 is 0.525. The highest BCUT2D eigenvalue weighted by Crippen LogP contribution is 2.40. The topological polar surface area (TPSA) is 0 Å². The maximum Gasteiger partial charge on any atom is 0.0169 e. The van der Waals surface area contributed by atoms with Gasteiger partial charge in [0.15, 0.2) is 0 Å².